The van der Waals surface area contributed by atoms with Gasteiger partial charge in [0.2, 0.25) is 0 Å². The summed E-state index contributed by atoms with van der Waals surface area (Å²) in [7, 11) is -5.38. The van der Waals surface area contributed by atoms with Crippen molar-refractivity contribution in [3.63, 3.8) is 0 Å². The van der Waals surface area contributed by atoms with E-state index in [2.05, 4.69) is 38.1 Å². The lowest BCUT2D eigenvalue weighted by Gasteiger charge is -2.22. The van der Waals surface area contributed by atoms with E-state index in [1.807, 2.05) is 30.3 Å². The fourth-order valence-corrected chi connectivity index (χ4v) is 5.38. The Hall–Kier alpha value is -3.12. The number of halogens is 3. The second-order valence-electron chi connectivity index (χ2n) is 8.60. The van der Waals surface area contributed by atoms with Crippen molar-refractivity contribution in [2.75, 3.05) is 0 Å². The van der Waals surface area contributed by atoms with Gasteiger partial charge in [0, 0.05) is 5.41 Å². The molecule has 4 aromatic carbocycles. The zero-order chi connectivity index (χ0) is 22.9. The van der Waals surface area contributed by atoms with Crippen molar-refractivity contribution in [1.29, 1.82) is 0 Å². The summed E-state index contributed by atoms with van der Waals surface area (Å²) >= 11 is 0. The molecule has 6 heteroatoms. The minimum atomic E-state index is -5.38. The van der Waals surface area contributed by atoms with Crippen LogP contribution in [0.5, 0.6) is 0 Å². The highest BCUT2D eigenvalue weighted by atomic mass is 32.2. The normalized spacial score (nSPS) is 14.9. The lowest BCUT2D eigenvalue weighted by Crippen LogP contribution is -2.23. The van der Waals surface area contributed by atoms with E-state index in [1.165, 1.54) is 28.3 Å². The van der Waals surface area contributed by atoms with Gasteiger partial charge in [0.1, 0.15) is 0 Å². The summed E-state index contributed by atoms with van der Waals surface area (Å²) in [5, 5.41) is 1.11. The van der Waals surface area contributed by atoms with Gasteiger partial charge in [-0.15, -0.1) is 0 Å². The minimum absolute atomic E-state index is 0.139. The van der Waals surface area contributed by atoms with Crippen LogP contribution in [0.4, 0.5) is 13.2 Å². The Kier molecular flexibility index (Phi) is 4.34. The van der Waals surface area contributed by atoms with Crippen LogP contribution in [0.25, 0.3) is 33.0 Å². The maximum absolute atomic E-state index is 12.9. The van der Waals surface area contributed by atoms with Crippen molar-refractivity contribution in [2.45, 2.75) is 29.7 Å². The van der Waals surface area contributed by atoms with Gasteiger partial charge in [-0.2, -0.15) is 13.2 Å². The largest absolute Gasteiger partial charge is 0.501 e. The molecule has 0 spiro atoms. The van der Waals surface area contributed by atoms with E-state index < -0.39 is 20.2 Å². The van der Waals surface area contributed by atoms with Crippen molar-refractivity contribution in [3.05, 3.63) is 90.0 Å². The monoisotopic (exact) mass is 452 g/mol. The van der Waals surface area contributed by atoms with E-state index >= 15 is 0 Å². The molecule has 0 amide bonds. The molecular weight excluding hydrogens is 433 g/mol. The minimum Gasteiger partial charge on any atom is -0.214 e. The average Bonchev–Trinajstić information content (AvgIpc) is 2.99. The van der Waals surface area contributed by atoms with Crippen LogP contribution in [0, 0.1) is 0 Å². The van der Waals surface area contributed by atoms with E-state index in [4.69, 9.17) is 0 Å². The Labute approximate surface area is 184 Å². The second-order valence-corrected chi connectivity index (χ2v) is 10.5. The molecule has 1 aliphatic carbocycles. The topological polar surface area (TPSA) is 34.1 Å². The van der Waals surface area contributed by atoms with Crippen molar-refractivity contribution < 1.29 is 21.6 Å². The number of sulfone groups is 1. The van der Waals surface area contributed by atoms with Gasteiger partial charge in [0.25, 0.3) is 9.84 Å². The molecule has 0 heterocycles. The highest BCUT2D eigenvalue weighted by Gasteiger charge is 2.46. The molecule has 0 N–H and O–H groups in total. The predicted octanol–water partition coefficient (Wildman–Crippen LogP) is 7.11. The Morgan fingerprint density at radius 3 is 2.03 bits per heavy atom. The molecule has 0 unspecified atom stereocenters. The molecule has 5 rings (SSSR count). The Morgan fingerprint density at radius 2 is 1.28 bits per heavy atom. The van der Waals surface area contributed by atoms with Crippen molar-refractivity contribution in [3.8, 4) is 22.3 Å². The Morgan fingerprint density at radius 1 is 0.688 bits per heavy atom. The Balaban J connectivity index is 1.58. The first-order valence-corrected chi connectivity index (χ1v) is 11.6. The molecule has 0 fully saturated rings. The highest BCUT2D eigenvalue weighted by molar-refractivity contribution is 7.92. The summed E-state index contributed by atoms with van der Waals surface area (Å²) in [5.74, 6) is 0. The first-order valence-electron chi connectivity index (χ1n) is 10.1. The summed E-state index contributed by atoms with van der Waals surface area (Å²) in [6.07, 6.45) is 0. The molecule has 32 heavy (non-hydrogen) atoms. The number of hydrogen-bond donors (Lipinski definition) is 0. The molecule has 0 saturated carbocycles. The van der Waals surface area contributed by atoms with Gasteiger partial charge < -0.3 is 0 Å². The van der Waals surface area contributed by atoms with Crippen LogP contribution < -0.4 is 0 Å². The third kappa shape index (κ3) is 2.97. The standard InChI is InChI=1S/C26H19F3O2S/c1-25(2)23-6-4-3-5-21(23)22-12-10-19(15-24(22)25)16-7-8-18-14-20(11-9-17(18)13-16)32(30,31)26(27,28)29/h3-15H,1-2H3. The summed E-state index contributed by atoms with van der Waals surface area (Å²) in [5.41, 5.74) is 1.40. The molecule has 0 bridgehead atoms. The van der Waals surface area contributed by atoms with Crippen LogP contribution >= 0.6 is 0 Å². The van der Waals surface area contributed by atoms with E-state index in [9.17, 15) is 21.6 Å². The first-order chi connectivity index (χ1) is 15.0. The van der Waals surface area contributed by atoms with Crippen molar-refractivity contribution in [2.24, 2.45) is 0 Å². The third-order valence-electron chi connectivity index (χ3n) is 6.34. The zero-order valence-corrected chi connectivity index (χ0v) is 18.2. The molecule has 0 atom stereocenters. The third-order valence-corrected chi connectivity index (χ3v) is 7.83. The Bertz CT molecular complexity index is 1500. The van der Waals surface area contributed by atoms with Crippen LogP contribution in [-0.4, -0.2) is 13.9 Å². The van der Waals surface area contributed by atoms with Crippen LogP contribution in [0.1, 0.15) is 25.0 Å². The van der Waals surface area contributed by atoms with Gasteiger partial charge in [-0.1, -0.05) is 68.4 Å². The van der Waals surface area contributed by atoms with Crippen molar-refractivity contribution in [1.82, 2.24) is 0 Å². The van der Waals surface area contributed by atoms with Crippen LogP contribution in [0.2, 0.25) is 0 Å². The van der Waals surface area contributed by atoms with E-state index in [0.717, 1.165) is 23.3 Å². The number of fused-ring (bicyclic) bond motifs is 4. The fraction of sp³-hybridized carbons (Fsp3) is 0.154. The van der Waals surface area contributed by atoms with E-state index in [0.29, 0.717) is 10.8 Å². The summed E-state index contributed by atoms with van der Waals surface area (Å²) in [4.78, 5) is -0.748. The van der Waals surface area contributed by atoms with E-state index in [1.54, 1.807) is 6.07 Å². The van der Waals surface area contributed by atoms with Gasteiger partial charge in [0.15, 0.2) is 0 Å². The predicted molar refractivity (Wildman–Crippen MR) is 120 cm³/mol. The molecule has 0 aromatic heterocycles. The second kappa shape index (κ2) is 6.69. The molecule has 4 aromatic rings. The SMILES string of the molecule is CC1(C)c2ccccc2-c2ccc(-c3ccc4cc(S(=O)(=O)C(F)(F)F)ccc4c3)cc21. The molecule has 0 radical (unpaired) electrons. The maximum Gasteiger partial charge on any atom is 0.501 e. The highest BCUT2D eigenvalue weighted by Crippen LogP contribution is 2.49. The maximum atomic E-state index is 12.9. The molecule has 2 nitrogen and oxygen atoms in total. The summed E-state index contributed by atoms with van der Waals surface area (Å²) in [6, 6.07) is 23.5. The lowest BCUT2D eigenvalue weighted by molar-refractivity contribution is -0.0435. The number of benzene rings is 4. The smallest absolute Gasteiger partial charge is 0.214 e. The average molecular weight is 452 g/mol. The number of alkyl halides is 3. The molecular formula is C26H19F3O2S. The fourth-order valence-electron chi connectivity index (χ4n) is 4.59. The van der Waals surface area contributed by atoms with Gasteiger partial charge in [-0.3, -0.25) is 0 Å². The summed E-state index contributed by atoms with van der Waals surface area (Å²) in [6.45, 7) is 4.40. The molecule has 162 valence electrons. The summed E-state index contributed by atoms with van der Waals surface area (Å²) < 4.78 is 62.1. The van der Waals surface area contributed by atoms with Gasteiger partial charge in [-0.05, 0) is 68.4 Å². The molecule has 1 aliphatic rings. The molecule has 0 aliphatic heterocycles. The van der Waals surface area contributed by atoms with Crippen LogP contribution in [-0.2, 0) is 15.3 Å². The van der Waals surface area contributed by atoms with Crippen LogP contribution in [0.3, 0.4) is 0 Å². The number of rotatable bonds is 2. The lowest BCUT2D eigenvalue weighted by atomic mass is 9.81. The van der Waals surface area contributed by atoms with Gasteiger partial charge in [-0.25, -0.2) is 8.42 Å². The van der Waals surface area contributed by atoms with Gasteiger partial charge in [0.05, 0.1) is 4.90 Å². The first kappa shape index (κ1) is 20.8. The quantitative estimate of drug-likeness (QED) is 0.325. The number of hydrogen-bond acceptors (Lipinski definition) is 2. The van der Waals surface area contributed by atoms with Gasteiger partial charge >= 0.3 is 5.51 Å². The zero-order valence-electron chi connectivity index (χ0n) is 17.4. The van der Waals surface area contributed by atoms with E-state index in [-0.39, 0.29) is 5.41 Å². The molecule has 0 saturated heterocycles. The van der Waals surface area contributed by atoms with Crippen LogP contribution in [0.15, 0.2) is 83.8 Å². The van der Waals surface area contributed by atoms with Crippen molar-refractivity contribution >= 4 is 20.6 Å².